The molecule has 9 nitrogen and oxygen atoms in total. The van der Waals surface area contributed by atoms with E-state index in [9.17, 15) is 13.2 Å². The molecule has 146 valence electrons. The van der Waals surface area contributed by atoms with Gasteiger partial charge in [0.2, 0.25) is 5.13 Å². The molecule has 0 bridgehead atoms. The molecule has 1 fully saturated rings. The first-order valence-electron chi connectivity index (χ1n) is 7.90. The monoisotopic (exact) mass is 430 g/mol. The summed E-state index contributed by atoms with van der Waals surface area (Å²) in [5, 5.41) is 7.83. The van der Waals surface area contributed by atoms with E-state index in [2.05, 4.69) is 14.9 Å². The Balaban J connectivity index is 1.90. The van der Waals surface area contributed by atoms with Gasteiger partial charge in [-0.15, -0.1) is 10.2 Å². The van der Waals surface area contributed by atoms with Crippen molar-refractivity contribution >= 4 is 44.2 Å². The van der Waals surface area contributed by atoms with Crippen LogP contribution in [0, 0.1) is 0 Å². The van der Waals surface area contributed by atoms with Gasteiger partial charge in [0.05, 0.1) is 30.8 Å². The van der Waals surface area contributed by atoms with Crippen LogP contribution < -0.4 is 9.46 Å². The number of rotatable bonds is 6. The van der Waals surface area contributed by atoms with Crippen molar-refractivity contribution in [1.82, 2.24) is 15.1 Å². The van der Waals surface area contributed by atoms with Crippen LogP contribution in [-0.2, 0) is 14.8 Å². The van der Waals surface area contributed by atoms with Crippen LogP contribution in [0.4, 0.5) is 5.13 Å². The van der Waals surface area contributed by atoms with Crippen molar-refractivity contribution in [2.75, 3.05) is 44.4 Å². The molecular formula is C15H18N4O5S3. The number of morpholine rings is 1. The van der Waals surface area contributed by atoms with E-state index >= 15 is 0 Å². The molecule has 0 aliphatic carbocycles. The van der Waals surface area contributed by atoms with Gasteiger partial charge in [-0.2, -0.15) is 0 Å². The van der Waals surface area contributed by atoms with Crippen molar-refractivity contribution in [2.45, 2.75) is 9.24 Å². The number of sulfonamides is 1. The average Bonchev–Trinajstić information content (AvgIpc) is 3.14. The first-order chi connectivity index (χ1) is 12.9. The number of methoxy groups -OCH3 is 1. The smallest absolute Gasteiger partial charge is 0.263 e. The highest BCUT2D eigenvalue weighted by Crippen LogP contribution is 2.28. The van der Waals surface area contributed by atoms with Crippen molar-refractivity contribution in [3.8, 4) is 5.75 Å². The SMILES string of the molecule is COc1ccc(S(=O)(=O)Nc2nnc(SC)s2)cc1C(=O)N1CCOCC1. The summed E-state index contributed by atoms with van der Waals surface area (Å²) in [5.74, 6) is 0.0128. The molecule has 1 saturated heterocycles. The third kappa shape index (κ3) is 4.51. The molecule has 0 radical (unpaired) electrons. The minimum absolute atomic E-state index is 0.0548. The van der Waals surface area contributed by atoms with Crippen molar-refractivity contribution < 1.29 is 22.7 Å². The van der Waals surface area contributed by atoms with Gasteiger partial charge >= 0.3 is 0 Å². The number of ether oxygens (including phenoxy) is 2. The normalized spacial score (nSPS) is 14.8. The molecule has 12 heteroatoms. The number of nitrogens with zero attached hydrogens (tertiary/aromatic N) is 3. The Labute approximate surface area is 165 Å². The molecule has 1 N–H and O–H groups in total. The lowest BCUT2D eigenvalue weighted by Gasteiger charge is -2.27. The number of amides is 1. The van der Waals surface area contributed by atoms with Gasteiger partial charge in [-0.05, 0) is 24.5 Å². The first kappa shape index (κ1) is 19.9. The molecule has 1 aromatic heterocycles. The van der Waals surface area contributed by atoms with E-state index in [0.29, 0.717) is 36.4 Å². The Morgan fingerprint density at radius 3 is 2.70 bits per heavy atom. The fraction of sp³-hybridized carbons (Fsp3) is 0.400. The molecular weight excluding hydrogens is 412 g/mol. The second kappa shape index (κ2) is 8.42. The summed E-state index contributed by atoms with van der Waals surface area (Å²) < 4.78 is 38.9. The van der Waals surface area contributed by atoms with Gasteiger partial charge in [-0.1, -0.05) is 23.1 Å². The predicted molar refractivity (Wildman–Crippen MR) is 102 cm³/mol. The standard InChI is InChI=1S/C15H18N4O5S3/c1-23-12-4-3-10(9-11(12)13(20)19-5-7-24-8-6-19)27(21,22)18-14-16-17-15(25-2)26-14/h3-4,9H,5-8H2,1-2H3,(H,16,18). The van der Waals surface area contributed by atoms with Crippen LogP contribution in [0.25, 0.3) is 0 Å². The summed E-state index contributed by atoms with van der Waals surface area (Å²) in [4.78, 5) is 14.4. The molecule has 0 unspecified atom stereocenters. The lowest BCUT2D eigenvalue weighted by Crippen LogP contribution is -2.40. The van der Waals surface area contributed by atoms with E-state index in [1.807, 2.05) is 6.26 Å². The number of anilines is 1. The van der Waals surface area contributed by atoms with Gasteiger partial charge < -0.3 is 14.4 Å². The number of benzene rings is 1. The molecule has 2 aromatic rings. The Morgan fingerprint density at radius 2 is 2.07 bits per heavy atom. The highest BCUT2D eigenvalue weighted by atomic mass is 32.2. The lowest BCUT2D eigenvalue weighted by atomic mass is 10.1. The van der Waals surface area contributed by atoms with Crippen LogP contribution in [-0.4, -0.2) is 69.1 Å². The fourth-order valence-electron chi connectivity index (χ4n) is 2.47. The van der Waals surface area contributed by atoms with Crippen LogP contribution in [0.15, 0.2) is 27.4 Å². The van der Waals surface area contributed by atoms with Crippen molar-refractivity contribution in [2.24, 2.45) is 0 Å². The molecule has 3 rings (SSSR count). The number of hydrogen-bond donors (Lipinski definition) is 1. The van der Waals surface area contributed by atoms with Gasteiger partial charge in [-0.3, -0.25) is 9.52 Å². The molecule has 27 heavy (non-hydrogen) atoms. The van der Waals surface area contributed by atoms with Crippen molar-refractivity contribution in [3.63, 3.8) is 0 Å². The highest BCUT2D eigenvalue weighted by Gasteiger charge is 2.25. The first-order valence-corrected chi connectivity index (χ1v) is 11.4. The second-order valence-corrected chi connectivity index (χ2v) is 9.16. The van der Waals surface area contributed by atoms with Crippen molar-refractivity contribution in [1.29, 1.82) is 0 Å². The van der Waals surface area contributed by atoms with Crippen LogP contribution in [0.1, 0.15) is 10.4 Å². The second-order valence-electron chi connectivity index (χ2n) is 5.45. The topological polar surface area (TPSA) is 111 Å². The van der Waals surface area contributed by atoms with E-state index in [1.54, 1.807) is 4.90 Å². The van der Waals surface area contributed by atoms with E-state index in [0.717, 1.165) is 11.3 Å². The summed E-state index contributed by atoms with van der Waals surface area (Å²) in [7, 11) is -2.49. The maximum absolute atomic E-state index is 12.8. The highest BCUT2D eigenvalue weighted by molar-refractivity contribution is 8.00. The molecule has 2 heterocycles. The molecule has 0 spiro atoms. The van der Waals surface area contributed by atoms with Gasteiger partial charge in [0.25, 0.3) is 15.9 Å². The van der Waals surface area contributed by atoms with E-state index in [4.69, 9.17) is 9.47 Å². The quantitative estimate of drug-likeness (QED) is 0.687. The number of aromatic nitrogens is 2. The summed E-state index contributed by atoms with van der Waals surface area (Å²) in [6, 6.07) is 4.17. The van der Waals surface area contributed by atoms with E-state index in [-0.39, 0.29) is 21.5 Å². The number of carbonyl (C=O) groups is 1. The Hall–Kier alpha value is -1.89. The Kier molecular flexibility index (Phi) is 6.19. The number of thioether (sulfide) groups is 1. The third-order valence-corrected chi connectivity index (χ3v) is 7.09. The summed E-state index contributed by atoms with van der Waals surface area (Å²) in [5.41, 5.74) is 0.185. The third-order valence-electron chi connectivity index (χ3n) is 3.81. The van der Waals surface area contributed by atoms with Crippen LogP contribution in [0.2, 0.25) is 0 Å². The fourth-order valence-corrected chi connectivity index (χ4v) is 4.89. The van der Waals surface area contributed by atoms with Crippen LogP contribution >= 0.6 is 23.1 Å². The molecule has 0 atom stereocenters. The summed E-state index contributed by atoms with van der Waals surface area (Å²) in [6.45, 7) is 1.78. The van der Waals surface area contributed by atoms with Gasteiger partial charge in [-0.25, -0.2) is 8.42 Å². The maximum Gasteiger partial charge on any atom is 0.263 e. The van der Waals surface area contributed by atoms with Crippen LogP contribution in [0.3, 0.4) is 0 Å². The molecule has 0 saturated carbocycles. The summed E-state index contributed by atoms with van der Waals surface area (Å²) in [6.07, 6.45) is 1.83. The van der Waals surface area contributed by atoms with Gasteiger partial charge in [0, 0.05) is 13.1 Å². The zero-order chi connectivity index (χ0) is 19.4. The van der Waals surface area contributed by atoms with Gasteiger partial charge in [0.1, 0.15) is 5.75 Å². The minimum Gasteiger partial charge on any atom is -0.496 e. The average molecular weight is 431 g/mol. The van der Waals surface area contributed by atoms with Gasteiger partial charge in [0.15, 0.2) is 4.34 Å². The molecule has 1 aliphatic rings. The zero-order valence-corrected chi connectivity index (χ0v) is 17.1. The van der Waals surface area contributed by atoms with Crippen molar-refractivity contribution in [3.05, 3.63) is 23.8 Å². The lowest BCUT2D eigenvalue weighted by molar-refractivity contribution is 0.0300. The number of hydrogen-bond acceptors (Lipinski definition) is 9. The molecule has 1 amide bonds. The Morgan fingerprint density at radius 1 is 1.33 bits per heavy atom. The zero-order valence-electron chi connectivity index (χ0n) is 14.7. The molecule has 1 aromatic carbocycles. The predicted octanol–water partition coefficient (Wildman–Crippen LogP) is 1.54. The largest absolute Gasteiger partial charge is 0.496 e. The van der Waals surface area contributed by atoms with Crippen LogP contribution in [0.5, 0.6) is 5.75 Å². The van der Waals surface area contributed by atoms with E-state index in [1.165, 1.54) is 37.1 Å². The molecule has 1 aliphatic heterocycles. The number of carbonyl (C=O) groups excluding carboxylic acids is 1. The minimum atomic E-state index is -3.92. The Bertz CT molecular complexity index is 925. The van der Waals surface area contributed by atoms with E-state index < -0.39 is 10.0 Å². The maximum atomic E-state index is 12.8. The summed E-state index contributed by atoms with van der Waals surface area (Å²) >= 11 is 2.50. The number of nitrogens with one attached hydrogen (secondary N) is 1.